The predicted molar refractivity (Wildman–Crippen MR) is 87.1 cm³/mol. The van der Waals surface area contributed by atoms with Gasteiger partial charge < -0.3 is 5.32 Å². The van der Waals surface area contributed by atoms with Crippen molar-refractivity contribution >= 4 is 22.5 Å². The van der Waals surface area contributed by atoms with Gasteiger partial charge in [0.25, 0.3) is 5.91 Å². The molecule has 122 valence electrons. The summed E-state index contributed by atoms with van der Waals surface area (Å²) in [6.45, 7) is 5.96. The lowest BCUT2D eigenvalue weighted by atomic mass is 10.1. The first kappa shape index (κ1) is 15.9. The number of nitrogens with one attached hydrogen (secondary N) is 1. The summed E-state index contributed by atoms with van der Waals surface area (Å²) in [5.41, 5.74) is 1.64. The number of fused-ring (bicyclic) bond motifs is 1. The number of aromatic nitrogens is 2. The average molecular weight is 335 g/mol. The molecule has 0 radical (unpaired) electrons. The van der Waals surface area contributed by atoms with Gasteiger partial charge in [0.05, 0.1) is 22.7 Å². The largest absolute Gasteiger partial charge is 0.306 e. The van der Waals surface area contributed by atoms with Crippen molar-refractivity contribution in [3.8, 4) is 0 Å². The van der Waals surface area contributed by atoms with Gasteiger partial charge in [-0.15, -0.1) is 0 Å². The number of carbonyl (C=O) groups excluding carboxylic acids is 1. The minimum absolute atomic E-state index is 0.322. The van der Waals surface area contributed by atoms with Crippen LogP contribution in [0.5, 0.6) is 0 Å². The Morgan fingerprint density at radius 2 is 1.91 bits per heavy atom. The van der Waals surface area contributed by atoms with Crippen molar-refractivity contribution in [1.29, 1.82) is 0 Å². The highest BCUT2D eigenvalue weighted by molar-refractivity contribution is 7.83. The topological polar surface area (TPSA) is 64.0 Å². The van der Waals surface area contributed by atoms with Crippen LogP contribution in [-0.2, 0) is 27.8 Å². The Labute approximate surface area is 136 Å². The zero-order valence-corrected chi connectivity index (χ0v) is 14.0. The Morgan fingerprint density at radius 3 is 2.52 bits per heavy atom. The second-order valence-corrected chi connectivity index (χ2v) is 8.00. The molecule has 1 aromatic heterocycles. The molecule has 0 saturated heterocycles. The van der Waals surface area contributed by atoms with Crippen molar-refractivity contribution in [3.63, 3.8) is 0 Å². The fraction of sp³-hybridized carbons (Fsp3) is 0.375. The molecule has 0 fully saturated rings. The number of rotatable bonds is 2. The Balaban J connectivity index is 1.97. The van der Waals surface area contributed by atoms with Crippen LogP contribution in [0, 0.1) is 5.82 Å². The molecule has 1 aromatic carbocycles. The van der Waals surface area contributed by atoms with E-state index in [-0.39, 0.29) is 11.4 Å². The molecule has 1 unspecified atom stereocenters. The highest BCUT2D eigenvalue weighted by atomic mass is 32.2. The fourth-order valence-electron chi connectivity index (χ4n) is 2.52. The standard InChI is InChI=1S/C16H18FN3O2S/c1-16(2,3)20-14(12-8-23(22)9-13(12)19-20)18-15(21)10-4-6-11(17)7-5-10/h4-7H,8-9H2,1-3H3,(H,18,21). The third kappa shape index (κ3) is 3.06. The molecule has 1 aliphatic rings. The molecule has 23 heavy (non-hydrogen) atoms. The monoisotopic (exact) mass is 335 g/mol. The highest BCUT2D eigenvalue weighted by Crippen LogP contribution is 2.33. The van der Waals surface area contributed by atoms with Crippen LogP contribution < -0.4 is 5.32 Å². The SMILES string of the molecule is CC(C)(C)n1nc2c(c1NC(=O)c1ccc(F)cc1)CS(=O)C2. The number of nitrogens with zero attached hydrogens (tertiary/aromatic N) is 2. The van der Waals surface area contributed by atoms with Gasteiger partial charge in [-0.3, -0.25) is 9.00 Å². The number of benzene rings is 1. The van der Waals surface area contributed by atoms with Crippen molar-refractivity contribution in [1.82, 2.24) is 9.78 Å². The first-order valence-corrected chi connectivity index (χ1v) is 8.77. The van der Waals surface area contributed by atoms with E-state index in [4.69, 9.17) is 0 Å². The molecule has 1 amide bonds. The summed E-state index contributed by atoms with van der Waals surface area (Å²) in [6.07, 6.45) is 0. The minimum Gasteiger partial charge on any atom is -0.306 e. The smallest absolute Gasteiger partial charge is 0.256 e. The molecular weight excluding hydrogens is 317 g/mol. The van der Waals surface area contributed by atoms with Gasteiger partial charge in [0.2, 0.25) is 0 Å². The summed E-state index contributed by atoms with van der Waals surface area (Å²) in [7, 11) is -0.973. The number of carbonyl (C=O) groups is 1. The van der Waals surface area contributed by atoms with E-state index in [1.165, 1.54) is 24.3 Å². The van der Waals surface area contributed by atoms with Gasteiger partial charge in [0, 0.05) is 21.9 Å². The highest BCUT2D eigenvalue weighted by Gasteiger charge is 2.31. The molecular formula is C16H18FN3O2S. The van der Waals surface area contributed by atoms with Crippen LogP contribution in [0.25, 0.3) is 0 Å². The van der Waals surface area contributed by atoms with Crippen LogP contribution in [0.15, 0.2) is 24.3 Å². The Hall–Kier alpha value is -2.02. The van der Waals surface area contributed by atoms with Crippen LogP contribution in [0.2, 0.25) is 0 Å². The average Bonchev–Trinajstić information content (AvgIpc) is 2.97. The van der Waals surface area contributed by atoms with E-state index in [1.807, 2.05) is 20.8 Å². The van der Waals surface area contributed by atoms with E-state index in [9.17, 15) is 13.4 Å². The number of anilines is 1. The fourth-order valence-corrected chi connectivity index (χ4v) is 3.79. The normalized spacial score (nSPS) is 17.1. The molecule has 2 heterocycles. The Bertz CT molecular complexity index is 791. The first-order chi connectivity index (χ1) is 10.8. The summed E-state index contributed by atoms with van der Waals surface area (Å²) in [6, 6.07) is 5.35. The Morgan fingerprint density at radius 1 is 1.26 bits per heavy atom. The maximum Gasteiger partial charge on any atom is 0.256 e. The van der Waals surface area contributed by atoms with E-state index in [1.54, 1.807) is 4.68 Å². The first-order valence-electron chi connectivity index (χ1n) is 7.29. The van der Waals surface area contributed by atoms with Gasteiger partial charge in [-0.2, -0.15) is 5.10 Å². The van der Waals surface area contributed by atoms with Crippen LogP contribution >= 0.6 is 0 Å². The van der Waals surface area contributed by atoms with Crippen LogP contribution in [0.1, 0.15) is 42.4 Å². The molecule has 1 aliphatic heterocycles. The number of hydrogen-bond acceptors (Lipinski definition) is 3. The van der Waals surface area contributed by atoms with Crippen molar-refractivity contribution in [2.24, 2.45) is 0 Å². The number of amides is 1. The minimum atomic E-state index is -0.973. The van der Waals surface area contributed by atoms with Crippen LogP contribution in [-0.4, -0.2) is 19.9 Å². The third-order valence-electron chi connectivity index (χ3n) is 3.64. The number of halogens is 1. The maximum atomic E-state index is 13.0. The van der Waals surface area contributed by atoms with Gasteiger partial charge >= 0.3 is 0 Å². The third-order valence-corrected chi connectivity index (χ3v) is 4.85. The molecule has 1 atom stereocenters. The summed E-state index contributed by atoms with van der Waals surface area (Å²) in [4.78, 5) is 12.4. The van der Waals surface area contributed by atoms with Crippen molar-refractivity contribution < 1.29 is 13.4 Å². The lowest BCUT2D eigenvalue weighted by molar-refractivity contribution is 0.102. The number of hydrogen-bond donors (Lipinski definition) is 1. The van der Waals surface area contributed by atoms with Gasteiger partial charge in [-0.25, -0.2) is 9.07 Å². The van der Waals surface area contributed by atoms with Crippen molar-refractivity contribution in [2.45, 2.75) is 37.8 Å². The Kier molecular flexibility index (Phi) is 3.83. The van der Waals surface area contributed by atoms with Crippen molar-refractivity contribution in [2.75, 3.05) is 5.32 Å². The second kappa shape index (κ2) is 5.56. The molecule has 5 nitrogen and oxygen atoms in total. The molecule has 0 aliphatic carbocycles. The molecule has 0 saturated carbocycles. The summed E-state index contributed by atoms with van der Waals surface area (Å²) >= 11 is 0. The quantitative estimate of drug-likeness (QED) is 0.918. The summed E-state index contributed by atoms with van der Waals surface area (Å²) < 4.78 is 26.5. The predicted octanol–water partition coefficient (Wildman–Crippen LogP) is 2.79. The zero-order valence-electron chi connectivity index (χ0n) is 13.2. The molecule has 1 N–H and O–H groups in total. The lowest BCUT2D eigenvalue weighted by Crippen LogP contribution is -2.27. The van der Waals surface area contributed by atoms with Crippen LogP contribution in [0.3, 0.4) is 0 Å². The van der Waals surface area contributed by atoms with Gasteiger partial charge in [0.15, 0.2) is 0 Å². The van der Waals surface area contributed by atoms with Gasteiger partial charge in [-0.05, 0) is 45.0 Å². The lowest BCUT2D eigenvalue weighted by Gasteiger charge is -2.23. The van der Waals surface area contributed by atoms with E-state index >= 15 is 0 Å². The van der Waals surface area contributed by atoms with E-state index in [0.717, 1.165) is 11.3 Å². The molecule has 7 heteroatoms. The molecule has 0 spiro atoms. The molecule has 3 rings (SSSR count). The molecule has 0 bridgehead atoms. The van der Waals surface area contributed by atoms with E-state index < -0.39 is 16.6 Å². The molecule has 2 aromatic rings. The van der Waals surface area contributed by atoms with E-state index in [2.05, 4.69) is 10.4 Å². The summed E-state index contributed by atoms with van der Waals surface area (Å²) in [5.74, 6) is 0.656. The van der Waals surface area contributed by atoms with Crippen LogP contribution in [0.4, 0.5) is 10.2 Å². The van der Waals surface area contributed by atoms with Gasteiger partial charge in [0.1, 0.15) is 11.6 Å². The zero-order chi connectivity index (χ0) is 16.8. The summed E-state index contributed by atoms with van der Waals surface area (Å²) in [5, 5.41) is 7.38. The van der Waals surface area contributed by atoms with Crippen molar-refractivity contribution in [3.05, 3.63) is 46.9 Å². The van der Waals surface area contributed by atoms with Gasteiger partial charge in [-0.1, -0.05) is 0 Å². The maximum absolute atomic E-state index is 13.0. The van der Waals surface area contributed by atoms with E-state index in [0.29, 0.717) is 22.9 Å². The second-order valence-electron chi connectivity index (χ2n) is 6.55.